The number of halogens is 2. The van der Waals surface area contributed by atoms with Crippen LogP contribution in [0.3, 0.4) is 0 Å². The van der Waals surface area contributed by atoms with E-state index in [-0.39, 0.29) is 11.5 Å². The Morgan fingerprint density at radius 2 is 1.63 bits per heavy atom. The van der Waals surface area contributed by atoms with Crippen molar-refractivity contribution in [3.8, 4) is 0 Å². The van der Waals surface area contributed by atoms with Crippen molar-refractivity contribution in [1.29, 1.82) is 0 Å². The van der Waals surface area contributed by atoms with Crippen LogP contribution in [0.5, 0.6) is 0 Å². The van der Waals surface area contributed by atoms with Crippen molar-refractivity contribution in [1.82, 2.24) is 9.80 Å². The Kier molecular flexibility index (Phi) is 3.78. The predicted octanol–water partition coefficient (Wildman–Crippen LogP) is 1.27. The second-order valence-corrected chi connectivity index (χ2v) is 4.42. The first kappa shape index (κ1) is 13.5. The first-order valence-electron chi connectivity index (χ1n) is 5.99. The summed E-state index contributed by atoms with van der Waals surface area (Å²) in [6.07, 6.45) is 0. The highest BCUT2D eigenvalue weighted by Crippen LogP contribution is 2.14. The van der Waals surface area contributed by atoms with Crippen LogP contribution in [0.1, 0.15) is 17.3 Å². The second kappa shape index (κ2) is 5.34. The van der Waals surface area contributed by atoms with Crippen molar-refractivity contribution in [3.63, 3.8) is 0 Å². The molecule has 0 aromatic heterocycles. The van der Waals surface area contributed by atoms with E-state index in [9.17, 15) is 18.4 Å². The summed E-state index contributed by atoms with van der Waals surface area (Å²) in [5.41, 5.74) is -0.141. The molecule has 0 saturated carbocycles. The summed E-state index contributed by atoms with van der Waals surface area (Å²) in [6.45, 7) is 3.05. The molecule has 0 radical (unpaired) electrons. The Morgan fingerprint density at radius 1 is 1.05 bits per heavy atom. The van der Waals surface area contributed by atoms with E-state index in [0.717, 1.165) is 12.1 Å². The fourth-order valence-electron chi connectivity index (χ4n) is 2.06. The highest BCUT2D eigenvalue weighted by Gasteiger charge is 2.24. The smallest absolute Gasteiger partial charge is 0.256 e. The van der Waals surface area contributed by atoms with E-state index in [1.165, 1.54) is 11.8 Å². The topological polar surface area (TPSA) is 40.6 Å². The summed E-state index contributed by atoms with van der Waals surface area (Å²) in [5.74, 6) is -2.09. The molecule has 2 rings (SSSR count). The number of carbonyl (C=O) groups is 2. The normalized spacial score (nSPS) is 15.5. The highest BCUT2D eigenvalue weighted by atomic mass is 19.1. The van der Waals surface area contributed by atoms with Crippen molar-refractivity contribution in [2.24, 2.45) is 0 Å². The zero-order chi connectivity index (χ0) is 14.0. The predicted molar refractivity (Wildman–Crippen MR) is 64.5 cm³/mol. The van der Waals surface area contributed by atoms with E-state index in [2.05, 4.69) is 0 Å². The summed E-state index contributed by atoms with van der Waals surface area (Å²) in [4.78, 5) is 26.3. The summed E-state index contributed by atoms with van der Waals surface area (Å²) >= 11 is 0. The third-order valence-corrected chi connectivity index (χ3v) is 3.17. The number of nitrogens with zero attached hydrogens (tertiary/aromatic N) is 2. The summed E-state index contributed by atoms with van der Waals surface area (Å²) in [5, 5.41) is 0. The van der Waals surface area contributed by atoms with Gasteiger partial charge in [0.05, 0.1) is 5.56 Å². The van der Waals surface area contributed by atoms with Crippen molar-refractivity contribution in [3.05, 3.63) is 35.4 Å². The summed E-state index contributed by atoms with van der Waals surface area (Å²) in [6, 6.07) is 2.89. The minimum Gasteiger partial charge on any atom is -0.339 e. The molecule has 0 N–H and O–H groups in total. The van der Waals surface area contributed by atoms with Crippen LogP contribution in [-0.2, 0) is 4.79 Å². The zero-order valence-corrected chi connectivity index (χ0v) is 10.5. The molecule has 2 amide bonds. The van der Waals surface area contributed by atoms with Crippen molar-refractivity contribution >= 4 is 11.8 Å². The van der Waals surface area contributed by atoms with Gasteiger partial charge in [0.2, 0.25) is 5.91 Å². The first-order valence-corrected chi connectivity index (χ1v) is 5.99. The van der Waals surface area contributed by atoms with E-state index < -0.39 is 17.5 Å². The van der Waals surface area contributed by atoms with Crippen molar-refractivity contribution in [2.45, 2.75) is 6.92 Å². The lowest BCUT2D eigenvalue weighted by Gasteiger charge is -2.34. The fraction of sp³-hybridized carbons (Fsp3) is 0.385. The van der Waals surface area contributed by atoms with E-state index in [1.807, 2.05) is 0 Å². The monoisotopic (exact) mass is 268 g/mol. The van der Waals surface area contributed by atoms with E-state index in [4.69, 9.17) is 0 Å². The van der Waals surface area contributed by atoms with Crippen LogP contribution >= 0.6 is 0 Å². The Labute approximate surface area is 109 Å². The Bertz CT molecular complexity index is 511. The maximum absolute atomic E-state index is 13.5. The number of benzene rings is 1. The van der Waals surface area contributed by atoms with Gasteiger partial charge in [0.1, 0.15) is 11.6 Å². The molecule has 0 bridgehead atoms. The van der Waals surface area contributed by atoms with Gasteiger partial charge in [-0.2, -0.15) is 0 Å². The highest BCUT2D eigenvalue weighted by molar-refractivity contribution is 5.94. The molecule has 0 spiro atoms. The molecule has 19 heavy (non-hydrogen) atoms. The molecule has 6 heteroatoms. The minimum atomic E-state index is -0.862. The second-order valence-electron chi connectivity index (χ2n) is 4.42. The van der Waals surface area contributed by atoms with Gasteiger partial charge in [-0.25, -0.2) is 8.78 Å². The molecule has 1 aromatic rings. The number of rotatable bonds is 1. The van der Waals surface area contributed by atoms with Gasteiger partial charge in [-0.15, -0.1) is 0 Å². The van der Waals surface area contributed by atoms with Gasteiger partial charge in [-0.3, -0.25) is 9.59 Å². The van der Waals surface area contributed by atoms with Crippen LogP contribution in [0.4, 0.5) is 8.78 Å². The molecule has 1 aromatic carbocycles. The van der Waals surface area contributed by atoms with Gasteiger partial charge < -0.3 is 9.80 Å². The van der Waals surface area contributed by atoms with E-state index in [0.29, 0.717) is 32.2 Å². The maximum Gasteiger partial charge on any atom is 0.256 e. The molecular formula is C13H14F2N2O2. The number of piperazine rings is 1. The lowest BCUT2D eigenvalue weighted by Crippen LogP contribution is -2.50. The fourth-order valence-corrected chi connectivity index (χ4v) is 2.06. The summed E-state index contributed by atoms with van der Waals surface area (Å²) in [7, 11) is 0. The average Bonchev–Trinajstić information content (AvgIpc) is 2.38. The molecule has 1 fully saturated rings. The number of carbonyl (C=O) groups excluding carboxylic acids is 2. The molecule has 0 atom stereocenters. The molecule has 4 nitrogen and oxygen atoms in total. The number of hydrogen-bond acceptors (Lipinski definition) is 2. The molecule has 1 saturated heterocycles. The van der Waals surface area contributed by atoms with Gasteiger partial charge in [0, 0.05) is 39.2 Å². The van der Waals surface area contributed by atoms with Gasteiger partial charge in [-0.05, 0) is 12.1 Å². The quantitative estimate of drug-likeness (QED) is 0.769. The molecule has 1 aliphatic rings. The maximum atomic E-state index is 13.5. The lowest BCUT2D eigenvalue weighted by molar-refractivity contribution is -0.130. The molecule has 1 aliphatic heterocycles. The van der Waals surface area contributed by atoms with Gasteiger partial charge >= 0.3 is 0 Å². The van der Waals surface area contributed by atoms with Crippen LogP contribution in [0.15, 0.2) is 18.2 Å². The largest absolute Gasteiger partial charge is 0.339 e. The van der Waals surface area contributed by atoms with E-state index in [1.54, 1.807) is 4.90 Å². The van der Waals surface area contributed by atoms with Crippen LogP contribution in [0.25, 0.3) is 0 Å². The third kappa shape index (κ3) is 2.89. The van der Waals surface area contributed by atoms with Crippen molar-refractivity contribution in [2.75, 3.05) is 26.2 Å². The minimum absolute atomic E-state index is 0.0416. The molecule has 0 unspecified atom stereocenters. The molecule has 1 heterocycles. The van der Waals surface area contributed by atoms with Gasteiger partial charge in [0.15, 0.2) is 0 Å². The van der Waals surface area contributed by atoms with Crippen LogP contribution in [0.2, 0.25) is 0 Å². The molecular weight excluding hydrogens is 254 g/mol. The van der Waals surface area contributed by atoms with Gasteiger partial charge in [-0.1, -0.05) is 0 Å². The van der Waals surface area contributed by atoms with Crippen molar-refractivity contribution < 1.29 is 18.4 Å². The SMILES string of the molecule is CC(=O)N1CCN(C(=O)c2ccc(F)cc2F)CC1. The number of hydrogen-bond donors (Lipinski definition) is 0. The Balaban J connectivity index is 2.07. The Hall–Kier alpha value is -1.98. The number of amides is 2. The van der Waals surface area contributed by atoms with E-state index >= 15 is 0 Å². The first-order chi connectivity index (χ1) is 8.99. The van der Waals surface area contributed by atoms with Crippen LogP contribution in [-0.4, -0.2) is 47.8 Å². The Morgan fingerprint density at radius 3 is 2.16 bits per heavy atom. The van der Waals surface area contributed by atoms with Gasteiger partial charge in [0.25, 0.3) is 5.91 Å². The third-order valence-electron chi connectivity index (χ3n) is 3.17. The zero-order valence-electron chi connectivity index (χ0n) is 10.5. The molecule has 0 aliphatic carbocycles. The summed E-state index contributed by atoms with van der Waals surface area (Å²) < 4.78 is 26.3. The van der Waals surface area contributed by atoms with Crippen LogP contribution < -0.4 is 0 Å². The molecule has 102 valence electrons. The average molecular weight is 268 g/mol. The van der Waals surface area contributed by atoms with Crippen LogP contribution in [0, 0.1) is 11.6 Å². The lowest BCUT2D eigenvalue weighted by atomic mass is 10.1. The standard InChI is InChI=1S/C13H14F2N2O2/c1-9(18)16-4-6-17(7-5-16)13(19)11-3-2-10(14)8-12(11)15/h2-3,8H,4-7H2,1H3.